The van der Waals surface area contributed by atoms with Crippen LogP contribution in [0.25, 0.3) is 0 Å². The molecule has 6 heavy (non-hydrogen) atoms. The summed E-state index contributed by atoms with van der Waals surface area (Å²) in [5, 5.41) is 3.88. The van der Waals surface area contributed by atoms with E-state index in [0.29, 0.717) is 0 Å². The Morgan fingerprint density at radius 1 is 1.67 bits per heavy atom. The predicted octanol–water partition coefficient (Wildman–Crippen LogP) is -4.14. The average molecular weight is 105 g/mol. The summed E-state index contributed by atoms with van der Waals surface area (Å²) in [5.74, 6) is 0. The van der Waals surface area contributed by atoms with Gasteiger partial charge in [-0.1, -0.05) is 0 Å². The molecule has 0 rings (SSSR count). The van der Waals surface area contributed by atoms with Crippen LogP contribution in [-0.4, -0.2) is 13.0 Å². The average Bonchev–Trinajstić information content (AvgIpc) is 0.722. The second-order valence-electron chi connectivity index (χ2n) is 0.515. The zero-order valence-corrected chi connectivity index (χ0v) is 4.07. The minimum Gasteiger partial charge on any atom is -1.00 e. The van der Waals surface area contributed by atoms with Crippen molar-refractivity contribution >= 4 is 10.3 Å². The van der Waals surface area contributed by atoms with Gasteiger partial charge in [-0.15, -0.1) is 0 Å². The van der Waals surface area contributed by atoms with Crippen LogP contribution in [0.15, 0.2) is 0 Å². The number of rotatable bonds is 0. The Hall–Kier alpha value is 0.467. The minimum absolute atomic E-state index is 0. The molecule has 0 aliphatic heterocycles. The SMILES string of the molecule is NS(=O)(=O)O.[H-].[Li+]. The summed E-state index contributed by atoms with van der Waals surface area (Å²) in [6.45, 7) is 0. The van der Waals surface area contributed by atoms with Gasteiger partial charge in [-0.3, -0.25) is 4.55 Å². The molecular weight excluding hydrogens is 101 g/mol. The van der Waals surface area contributed by atoms with E-state index in [4.69, 9.17) is 13.0 Å². The Morgan fingerprint density at radius 3 is 1.67 bits per heavy atom. The fourth-order valence-corrected chi connectivity index (χ4v) is 0. The maximum atomic E-state index is 8.97. The molecule has 4 nitrogen and oxygen atoms in total. The van der Waals surface area contributed by atoms with Crippen LogP contribution in [0, 0.1) is 0 Å². The molecule has 0 unspecified atom stereocenters. The van der Waals surface area contributed by atoms with Gasteiger partial charge in [-0.2, -0.15) is 8.42 Å². The van der Waals surface area contributed by atoms with Crippen molar-refractivity contribution in [2.24, 2.45) is 5.14 Å². The molecule has 6 heteroatoms. The Kier molecular flexibility index (Phi) is 4.21. The van der Waals surface area contributed by atoms with Gasteiger partial charge in [0.15, 0.2) is 0 Å². The van der Waals surface area contributed by atoms with Crippen molar-refractivity contribution in [3.8, 4) is 0 Å². The first-order valence-corrected chi connectivity index (χ1v) is 2.25. The predicted molar refractivity (Wildman–Crippen MR) is 16.8 cm³/mol. The molecule has 0 aromatic carbocycles. The van der Waals surface area contributed by atoms with Crippen LogP contribution in [0.4, 0.5) is 0 Å². The van der Waals surface area contributed by atoms with Crippen molar-refractivity contribution in [2.45, 2.75) is 0 Å². The molecule has 0 aromatic heterocycles. The van der Waals surface area contributed by atoms with Gasteiger partial charge in [0.25, 0.3) is 0 Å². The van der Waals surface area contributed by atoms with Crippen LogP contribution in [0.5, 0.6) is 0 Å². The standard InChI is InChI=1S/Li.H3NO3S.H/c;1-5(2,3)4;/h;(H3,1,2,3,4);/q+1;;-1. The van der Waals surface area contributed by atoms with Crippen LogP contribution in [-0.2, 0) is 10.3 Å². The second-order valence-corrected chi connectivity index (χ2v) is 1.54. The van der Waals surface area contributed by atoms with Crippen LogP contribution in [0.2, 0.25) is 0 Å². The zero-order chi connectivity index (χ0) is 4.50. The second kappa shape index (κ2) is 2.61. The molecule has 0 fully saturated rings. The Bertz CT molecular complexity index is 98.1. The quantitative estimate of drug-likeness (QED) is 0.242. The summed E-state index contributed by atoms with van der Waals surface area (Å²) in [6, 6.07) is 0. The van der Waals surface area contributed by atoms with Crippen molar-refractivity contribution in [3.05, 3.63) is 0 Å². The van der Waals surface area contributed by atoms with Gasteiger partial charge in [0.05, 0.1) is 0 Å². The molecule has 0 spiro atoms. The fourth-order valence-electron chi connectivity index (χ4n) is 0. The van der Waals surface area contributed by atoms with E-state index in [-0.39, 0.29) is 20.3 Å². The third kappa shape index (κ3) is 246. The van der Waals surface area contributed by atoms with Crippen LogP contribution in [0.3, 0.4) is 0 Å². The van der Waals surface area contributed by atoms with Crippen molar-refractivity contribution in [1.29, 1.82) is 0 Å². The number of hydrogen-bond acceptors (Lipinski definition) is 2. The maximum Gasteiger partial charge on any atom is 1.00 e. The van der Waals surface area contributed by atoms with E-state index in [9.17, 15) is 0 Å². The largest absolute Gasteiger partial charge is 1.00 e. The zero-order valence-electron chi connectivity index (χ0n) is 4.25. The normalized spacial score (nSPS) is 9.67. The molecular formula is H4LiNO3S. The molecule has 0 amide bonds. The molecule has 34 valence electrons. The van der Waals surface area contributed by atoms with Crippen molar-refractivity contribution in [2.75, 3.05) is 0 Å². The van der Waals surface area contributed by atoms with Gasteiger partial charge in [-0.25, -0.2) is 5.14 Å². The van der Waals surface area contributed by atoms with Crippen molar-refractivity contribution in [1.82, 2.24) is 0 Å². The van der Waals surface area contributed by atoms with Crippen LogP contribution < -0.4 is 24.0 Å². The van der Waals surface area contributed by atoms with E-state index < -0.39 is 10.3 Å². The van der Waals surface area contributed by atoms with Gasteiger partial charge >= 0.3 is 29.2 Å². The van der Waals surface area contributed by atoms with Crippen LogP contribution in [0.1, 0.15) is 1.43 Å². The molecule has 3 N–H and O–H groups in total. The molecule has 0 aliphatic carbocycles. The third-order valence-corrected chi connectivity index (χ3v) is 0. The smallest absolute Gasteiger partial charge is 1.00 e. The molecule has 0 aromatic rings. The Balaban J connectivity index is -0.0000000800. The topological polar surface area (TPSA) is 80.4 Å². The fraction of sp³-hybridized carbons (Fsp3) is 0. The summed E-state index contributed by atoms with van der Waals surface area (Å²) in [7, 11) is -4.17. The van der Waals surface area contributed by atoms with E-state index >= 15 is 0 Å². The van der Waals surface area contributed by atoms with E-state index in [1.54, 1.807) is 0 Å². The van der Waals surface area contributed by atoms with Gasteiger partial charge < -0.3 is 1.43 Å². The number of nitrogens with two attached hydrogens (primary N) is 1. The van der Waals surface area contributed by atoms with E-state index in [2.05, 4.69) is 5.14 Å². The Labute approximate surface area is 49.3 Å². The molecule has 0 aliphatic rings. The first-order valence-electron chi connectivity index (χ1n) is 0.752. The monoisotopic (exact) mass is 105 g/mol. The summed E-state index contributed by atoms with van der Waals surface area (Å²) in [4.78, 5) is 0. The van der Waals surface area contributed by atoms with Gasteiger partial charge in [0, 0.05) is 0 Å². The molecule has 0 saturated carbocycles. The molecule has 0 radical (unpaired) electrons. The van der Waals surface area contributed by atoms with Gasteiger partial charge in [-0.05, 0) is 0 Å². The van der Waals surface area contributed by atoms with Gasteiger partial charge in [0.2, 0.25) is 0 Å². The Morgan fingerprint density at radius 2 is 1.67 bits per heavy atom. The number of hydrogen-bond donors (Lipinski definition) is 2. The summed E-state index contributed by atoms with van der Waals surface area (Å²) >= 11 is 0. The van der Waals surface area contributed by atoms with E-state index in [1.165, 1.54) is 0 Å². The maximum absolute atomic E-state index is 8.97. The summed E-state index contributed by atoms with van der Waals surface area (Å²) in [5.41, 5.74) is 0. The summed E-state index contributed by atoms with van der Waals surface area (Å²) < 4.78 is 25.2. The van der Waals surface area contributed by atoms with Crippen molar-refractivity contribution < 1.29 is 33.3 Å². The molecule has 0 saturated heterocycles. The molecule has 0 heterocycles. The summed E-state index contributed by atoms with van der Waals surface area (Å²) in [6.07, 6.45) is 0. The first kappa shape index (κ1) is 9.69. The minimum atomic E-state index is -4.17. The molecule has 0 bridgehead atoms. The molecule has 0 atom stereocenters. The van der Waals surface area contributed by atoms with Crippen molar-refractivity contribution in [3.63, 3.8) is 0 Å². The van der Waals surface area contributed by atoms with E-state index in [0.717, 1.165) is 0 Å². The van der Waals surface area contributed by atoms with Crippen LogP contribution >= 0.6 is 0 Å². The van der Waals surface area contributed by atoms with E-state index in [1.807, 2.05) is 0 Å². The van der Waals surface area contributed by atoms with Gasteiger partial charge in [0.1, 0.15) is 0 Å². The third-order valence-electron chi connectivity index (χ3n) is 0. The first-order chi connectivity index (χ1) is 2.00.